The molecule has 0 aromatic rings. The molecule has 34 heavy (non-hydrogen) atoms. The van der Waals surface area contributed by atoms with Gasteiger partial charge in [0, 0.05) is 12.2 Å². The second kappa shape index (κ2) is 22.7. The van der Waals surface area contributed by atoms with Crippen LogP contribution in [0.1, 0.15) is 64.2 Å². The molecule has 0 aromatic carbocycles. The molecule has 0 amide bonds. The van der Waals surface area contributed by atoms with Crippen molar-refractivity contribution in [2.45, 2.75) is 64.2 Å². The Hall–Kier alpha value is -0.700. The summed E-state index contributed by atoms with van der Waals surface area (Å²) >= 11 is 0. The maximum Gasteiger partial charge on any atom is 0.330 e. The van der Waals surface area contributed by atoms with Crippen molar-refractivity contribution < 1.29 is 62.0 Å². The smallest absolute Gasteiger partial charge is 0.330 e. The van der Waals surface area contributed by atoms with E-state index < -0.39 is 0 Å². The Kier molecular flexibility index (Phi) is 25.3. The Morgan fingerprint density at radius 1 is 0.559 bits per heavy atom. The molecule has 202 valence electrons. The molecule has 0 N–H and O–H groups in total. The lowest BCUT2D eigenvalue weighted by Gasteiger charge is -2.29. The molecule has 0 aromatic heterocycles. The summed E-state index contributed by atoms with van der Waals surface area (Å²) < 4.78 is 11.9. The van der Waals surface area contributed by atoms with Gasteiger partial charge in [0.1, 0.15) is 26.3 Å². The summed E-state index contributed by atoms with van der Waals surface area (Å²) in [5.41, 5.74) is 0. The second-order valence-electron chi connectivity index (χ2n) is 10.0. The first-order valence-electron chi connectivity index (χ1n) is 12.3. The van der Waals surface area contributed by atoms with Crippen molar-refractivity contribution in [3.05, 3.63) is 25.3 Å². The number of unbranched alkanes of at least 4 members (excludes halogenated alkanes) is 9. The summed E-state index contributed by atoms with van der Waals surface area (Å²) in [6.07, 6.45) is 15.4. The van der Waals surface area contributed by atoms with E-state index >= 15 is 0 Å². The highest BCUT2D eigenvalue weighted by Crippen LogP contribution is 2.12. The van der Waals surface area contributed by atoms with Crippen LogP contribution in [-0.4, -0.2) is 88.5 Å². The summed E-state index contributed by atoms with van der Waals surface area (Å²) in [4.78, 5) is 22.2. The van der Waals surface area contributed by atoms with Crippen molar-refractivity contribution in [1.82, 2.24) is 0 Å². The number of hydrogen-bond acceptors (Lipinski definition) is 4. The molecule has 0 heterocycles. The van der Waals surface area contributed by atoms with Crippen LogP contribution >= 0.6 is 0 Å². The van der Waals surface area contributed by atoms with Gasteiger partial charge in [0.2, 0.25) is 0 Å². The Balaban J connectivity index is -0.00000480. The number of nitrogens with zero attached hydrogens (tertiary/aromatic N) is 2. The van der Waals surface area contributed by atoms with Crippen LogP contribution in [0.15, 0.2) is 25.3 Å². The Bertz CT molecular complexity index is 507. The third-order valence-electron chi connectivity index (χ3n) is 5.99. The van der Waals surface area contributed by atoms with Gasteiger partial charge in [0.25, 0.3) is 0 Å². The molecule has 0 unspecified atom stereocenters. The first-order chi connectivity index (χ1) is 15.1. The molecule has 0 saturated carbocycles. The fraction of sp³-hybridized carbons (Fsp3) is 0.769. The van der Waals surface area contributed by atoms with E-state index in [1.54, 1.807) is 0 Å². The molecule has 0 atom stereocenters. The maximum absolute atomic E-state index is 11.1. The number of likely N-dealkylation sites (N-methyl/N-ethyl adjacent to an activating group) is 2. The molecule has 0 aliphatic rings. The van der Waals surface area contributed by atoms with Crippen LogP contribution in [0, 0.1) is 0 Å². The number of hydrogen-bond donors (Lipinski definition) is 0. The van der Waals surface area contributed by atoms with Crippen LogP contribution in [0.25, 0.3) is 0 Å². The molecule has 0 spiro atoms. The van der Waals surface area contributed by atoms with Gasteiger partial charge >= 0.3 is 11.9 Å². The molecule has 6 nitrogen and oxygen atoms in total. The lowest BCUT2D eigenvalue weighted by Crippen LogP contribution is -3.00. The maximum atomic E-state index is 11.1. The Morgan fingerprint density at radius 3 is 1.09 bits per heavy atom. The first-order valence-corrected chi connectivity index (χ1v) is 12.3. The van der Waals surface area contributed by atoms with E-state index in [4.69, 9.17) is 9.47 Å². The van der Waals surface area contributed by atoms with Crippen LogP contribution in [0.5, 0.6) is 0 Å². The van der Waals surface area contributed by atoms with Gasteiger partial charge in [0.15, 0.2) is 0 Å². The Labute approximate surface area is 230 Å². The summed E-state index contributed by atoms with van der Waals surface area (Å²) in [6, 6.07) is 0. The lowest BCUT2D eigenvalue weighted by molar-refractivity contribution is -0.890. The van der Waals surface area contributed by atoms with E-state index in [-0.39, 0.29) is 45.9 Å². The minimum atomic E-state index is -0.336. The van der Waals surface area contributed by atoms with Crippen molar-refractivity contribution in [3.8, 4) is 0 Å². The van der Waals surface area contributed by atoms with Crippen molar-refractivity contribution >= 4 is 11.9 Å². The van der Waals surface area contributed by atoms with E-state index in [1.807, 2.05) is 0 Å². The van der Waals surface area contributed by atoms with Crippen molar-refractivity contribution in [2.75, 3.05) is 67.6 Å². The van der Waals surface area contributed by atoms with E-state index in [9.17, 15) is 9.59 Å². The van der Waals surface area contributed by atoms with E-state index in [0.717, 1.165) is 35.1 Å². The highest BCUT2D eigenvalue weighted by atomic mass is 79.9. The minimum Gasteiger partial charge on any atom is -1.00 e. The highest BCUT2D eigenvalue weighted by Gasteiger charge is 2.16. The molecule has 0 radical (unpaired) electrons. The van der Waals surface area contributed by atoms with Gasteiger partial charge in [-0.3, -0.25) is 0 Å². The normalized spacial score (nSPS) is 11.1. The van der Waals surface area contributed by atoms with Gasteiger partial charge in [-0.05, 0) is 25.7 Å². The van der Waals surface area contributed by atoms with Crippen LogP contribution in [0.3, 0.4) is 0 Å². The second-order valence-corrected chi connectivity index (χ2v) is 10.0. The molecule has 0 aliphatic heterocycles. The van der Waals surface area contributed by atoms with Gasteiger partial charge in [-0.25, -0.2) is 9.59 Å². The predicted molar refractivity (Wildman–Crippen MR) is 132 cm³/mol. The average Bonchev–Trinajstić information content (AvgIpc) is 2.73. The number of halogens is 2. The van der Waals surface area contributed by atoms with E-state index in [1.165, 1.54) is 76.4 Å². The standard InChI is InChI=1S/C26H50N2O4.2BrH/c1-7-25(29)31-23-21-27(3,4)19-17-15-13-11-9-10-12-14-16-18-20-28(5,6)22-24-32-26(30)8-2;;/h7-8H,1-2,9-24H2,3-6H3;2*1H/q+2;;/p-2. The van der Waals surface area contributed by atoms with Crippen LogP contribution in [-0.2, 0) is 19.1 Å². The fourth-order valence-electron chi connectivity index (χ4n) is 3.62. The van der Waals surface area contributed by atoms with Gasteiger partial charge < -0.3 is 52.4 Å². The van der Waals surface area contributed by atoms with Gasteiger partial charge in [-0.15, -0.1) is 0 Å². The molecule has 0 saturated heterocycles. The molecule has 0 bridgehead atoms. The minimum absolute atomic E-state index is 0. The average molecular weight is 615 g/mol. The topological polar surface area (TPSA) is 52.6 Å². The zero-order chi connectivity index (χ0) is 24.3. The molecule has 0 fully saturated rings. The largest absolute Gasteiger partial charge is 1.00 e. The summed E-state index contributed by atoms with van der Waals surface area (Å²) in [7, 11) is 8.78. The van der Waals surface area contributed by atoms with Crippen molar-refractivity contribution in [2.24, 2.45) is 0 Å². The highest BCUT2D eigenvalue weighted by molar-refractivity contribution is 5.81. The van der Waals surface area contributed by atoms with Crippen molar-refractivity contribution in [3.63, 3.8) is 0 Å². The summed E-state index contributed by atoms with van der Waals surface area (Å²) in [6.45, 7) is 11.7. The number of ether oxygens (including phenoxy) is 2. The first kappa shape index (κ1) is 37.8. The van der Waals surface area contributed by atoms with Crippen LogP contribution < -0.4 is 34.0 Å². The lowest BCUT2D eigenvalue weighted by atomic mass is 10.1. The molecular formula is C26H50Br2N2O4. The number of rotatable bonds is 21. The quantitative estimate of drug-likeness (QED) is 0.0685. The third kappa shape index (κ3) is 24.4. The van der Waals surface area contributed by atoms with Crippen LogP contribution in [0.4, 0.5) is 0 Å². The number of carbonyl (C=O) groups is 2. The number of carbonyl (C=O) groups excluding carboxylic acids is 2. The molecule has 8 heteroatoms. The van der Waals surface area contributed by atoms with Crippen molar-refractivity contribution in [1.29, 1.82) is 0 Å². The predicted octanol–water partition coefficient (Wildman–Crippen LogP) is -1.49. The van der Waals surface area contributed by atoms with Gasteiger partial charge in [0.05, 0.1) is 41.3 Å². The summed E-state index contributed by atoms with van der Waals surface area (Å²) in [5, 5.41) is 0. The zero-order valence-electron chi connectivity index (χ0n) is 22.2. The molecule has 0 aliphatic carbocycles. The summed E-state index contributed by atoms with van der Waals surface area (Å²) in [5.74, 6) is -0.673. The Morgan fingerprint density at radius 2 is 0.824 bits per heavy atom. The number of esters is 2. The number of quaternary nitrogens is 2. The fourth-order valence-corrected chi connectivity index (χ4v) is 3.62. The van der Waals surface area contributed by atoms with E-state index in [2.05, 4.69) is 41.3 Å². The SMILES string of the molecule is C=CC(=O)OCC[N+](C)(C)CCCCCCCCCCCC[N+](C)(C)CCOC(=O)C=C.[Br-].[Br-]. The molecular weight excluding hydrogens is 564 g/mol. The third-order valence-corrected chi connectivity index (χ3v) is 5.99. The van der Waals surface area contributed by atoms with Crippen LogP contribution in [0.2, 0.25) is 0 Å². The monoisotopic (exact) mass is 612 g/mol. The van der Waals surface area contributed by atoms with Gasteiger partial charge in [-0.1, -0.05) is 51.7 Å². The molecule has 0 rings (SSSR count). The van der Waals surface area contributed by atoms with Gasteiger partial charge in [-0.2, -0.15) is 0 Å². The zero-order valence-corrected chi connectivity index (χ0v) is 25.3. The van der Waals surface area contributed by atoms with E-state index in [0.29, 0.717) is 13.2 Å².